The largest absolute Gasteiger partial charge is 0.486 e. The van der Waals surface area contributed by atoms with Crippen LogP contribution in [-0.4, -0.2) is 5.91 Å². The van der Waals surface area contributed by atoms with E-state index >= 15 is 0 Å². The van der Waals surface area contributed by atoms with Crippen molar-refractivity contribution in [2.75, 3.05) is 0 Å². The van der Waals surface area contributed by atoms with Crippen LogP contribution in [0, 0.1) is 11.6 Å². The van der Waals surface area contributed by atoms with Crippen molar-refractivity contribution in [2.24, 2.45) is 5.73 Å². The van der Waals surface area contributed by atoms with Crippen molar-refractivity contribution in [3.63, 3.8) is 0 Å². The van der Waals surface area contributed by atoms with Crippen LogP contribution in [0.15, 0.2) is 40.9 Å². The number of primary amides is 1. The monoisotopic (exact) mass is 341 g/mol. The van der Waals surface area contributed by atoms with Gasteiger partial charge in [0.05, 0.1) is 0 Å². The van der Waals surface area contributed by atoms with E-state index in [2.05, 4.69) is 15.9 Å². The Morgan fingerprint density at radius 3 is 2.55 bits per heavy atom. The Morgan fingerprint density at radius 2 is 1.90 bits per heavy atom. The first kappa shape index (κ1) is 14.5. The van der Waals surface area contributed by atoms with Crippen molar-refractivity contribution in [1.82, 2.24) is 0 Å². The summed E-state index contributed by atoms with van der Waals surface area (Å²) in [5.74, 6) is -1.87. The molecule has 2 aromatic rings. The van der Waals surface area contributed by atoms with Crippen LogP contribution in [0.1, 0.15) is 15.9 Å². The third-order valence-corrected chi connectivity index (χ3v) is 3.11. The maximum absolute atomic E-state index is 13.7. The summed E-state index contributed by atoms with van der Waals surface area (Å²) in [4.78, 5) is 10.9. The van der Waals surface area contributed by atoms with Crippen molar-refractivity contribution < 1.29 is 18.3 Å². The zero-order valence-corrected chi connectivity index (χ0v) is 11.8. The molecule has 20 heavy (non-hydrogen) atoms. The molecule has 0 unspecified atom stereocenters. The van der Waals surface area contributed by atoms with E-state index in [1.807, 2.05) is 0 Å². The van der Waals surface area contributed by atoms with Crippen LogP contribution in [0.4, 0.5) is 8.78 Å². The minimum absolute atomic E-state index is 0.0118. The molecule has 0 aliphatic heterocycles. The van der Waals surface area contributed by atoms with E-state index in [4.69, 9.17) is 10.5 Å². The summed E-state index contributed by atoms with van der Waals surface area (Å²) in [6.07, 6.45) is 0. The van der Waals surface area contributed by atoms with Gasteiger partial charge < -0.3 is 10.5 Å². The van der Waals surface area contributed by atoms with Gasteiger partial charge in [-0.1, -0.05) is 22.0 Å². The van der Waals surface area contributed by atoms with E-state index < -0.39 is 17.5 Å². The van der Waals surface area contributed by atoms with Gasteiger partial charge in [0.1, 0.15) is 12.4 Å². The fourth-order valence-electron chi connectivity index (χ4n) is 1.56. The Balaban J connectivity index is 2.15. The van der Waals surface area contributed by atoms with E-state index in [1.54, 1.807) is 0 Å². The molecule has 0 saturated carbocycles. The van der Waals surface area contributed by atoms with Gasteiger partial charge in [-0.2, -0.15) is 0 Å². The summed E-state index contributed by atoms with van der Waals surface area (Å²) in [5, 5.41) is 0. The Kier molecular flexibility index (Phi) is 4.34. The van der Waals surface area contributed by atoms with Gasteiger partial charge in [0.15, 0.2) is 11.6 Å². The number of hydrogen-bond donors (Lipinski definition) is 1. The summed E-state index contributed by atoms with van der Waals surface area (Å²) >= 11 is 3.19. The van der Waals surface area contributed by atoms with Crippen LogP contribution in [0.3, 0.4) is 0 Å². The summed E-state index contributed by atoms with van der Waals surface area (Å²) < 4.78 is 33.0. The molecule has 104 valence electrons. The minimum Gasteiger partial charge on any atom is -0.486 e. The number of nitrogens with two attached hydrogens (primary N) is 1. The molecule has 0 bridgehead atoms. The normalized spacial score (nSPS) is 10.3. The van der Waals surface area contributed by atoms with E-state index in [0.717, 1.165) is 6.07 Å². The average molecular weight is 342 g/mol. The Labute approximate surface area is 122 Å². The molecule has 0 saturated heterocycles. The Bertz CT molecular complexity index is 662. The predicted molar refractivity (Wildman–Crippen MR) is 73.3 cm³/mol. The lowest BCUT2D eigenvalue weighted by Gasteiger charge is -2.09. The highest BCUT2D eigenvalue weighted by atomic mass is 79.9. The molecule has 2 aromatic carbocycles. The first-order valence-electron chi connectivity index (χ1n) is 5.63. The van der Waals surface area contributed by atoms with Crippen LogP contribution >= 0.6 is 15.9 Å². The van der Waals surface area contributed by atoms with Gasteiger partial charge in [-0.15, -0.1) is 0 Å². The zero-order valence-electron chi connectivity index (χ0n) is 10.2. The smallest absolute Gasteiger partial charge is 0.248 e. The lowest BCUT2D eigenvalue weighted by Crippen LogP contribution is -2.12. The molecule has 0 atom stereocenters. The lowest BCUT2D eigenvalue weighted by molar-refractivity contribution is 0.0999. The molecule has 0 heterocycles. The third kappa shape index (κ3) is 3.33. The molecule has 0 spiro atoms. The number of amides is 1. The molecule has 0 aromatic heterocycles. The number of halogens is 3. The molecule has 1 amide bonds. The van der Waals surface area contributed by atoms with Gasteiger partial charge in [0.2, 0.25) is 5.91 Å². The topological polar surface area (TPSA) is 52.3 Å². The standard InChI is InChI=1S/C14H10BrF2NO2/c15-10-3-4-11(16)13(6-10)20-7-9-2-1-8(14(18)19)5-12(9)17/h1-6H,7H2,(H2,18,19). The highest BCUT2D eigenvalue weighted by molar-refractivity contribution is 9.10. The second-order valence-corrected chi connectivity index (χ2v) is 4.95. The minimum atomic E-state index is -0.714. The number of rotatable bonds is 4. The number of carbonyl (C=O) groups is 1. The number of carbonyl (C=O) groups excluding carboxylic acids is 1. The van der Waals surface area contributed by atoms with Gasteiger partial charge >= 0.3 is 0 Å². The molecular weight excluding hydrogens is 332 g/mol. The number of ether oxygens (including phenoxy) is 1. The second-order valence-electron chi connectivity index (χ2n) is 4.03. The number of benzene rings is 2. The summed E-state index contributed by atoms with van der Waals surface area (Å²) in [7, 11) is 0. The Hall–Kier alpha value is -1.95. The van der Waals surface area contributed by atoms with Crippen molar-refractivity contribution in [3.05, 3.63) is 63.6 Å². The van der Waals surface area contributed by atoms with Crippen molar-refractivity contribution in [3.8, 4) is 5.75 Å². The maximum atomic E-state index is 13.7. The highest BCUT2D eigenvalue weighted by Gasteiger charge is 2.09. The molecular formula is C14H10BrF2NO2. The third-order valence-electron chi connectivity index (χ3n) is 2.61. The summed E-state index contributed by atoms with van der Waals surface area (Å²) in [6.45, 7) is -0.155. The maximum Gasteiger partial charge on any atom is 0.248 e. The van der Waals surface area contributed by atoms with Crippen LogP contribution in [0.2, 0.25) is 0 Å². The van der Waals surface area contributed by atoms with E-state index in [9.17, 15) is 13.6 Å². The van der Waals surface area contributed by atoms with Gasteiger partial charge in [0.25, 0.3) is 0 Å². The molecule has 6 heteroatoms. The molecule has 2 rings (SSSR count). The fourth-order valence-corrected chi connectivity index (χ4v) is 1.90. The quantitative estimate of drug-likeness (QED) is 0.926. The van der Waals surface area contributed by atoms with Crippen molar-refractivity contribution in [2.45, 2.75) is 6.61 Å². The SMILES string of the molecule is NC(=O)c1ccc(COc2cc(Br)ccc2F)c(F)c1. The molecule has 0 aliphatic carbocycles. The van der Waals surface area contributed by atoms with Crippen molar-refractivity contribution in [1.29, 1.82) is 0 Å². The highest BCUT2D eigenvalue weighted by Crippen LogP contribution is 2.23. The second kappa shape index (κ2) is 6.00. The molecule has 2 N–H and O–H groups in total. The van der Waals surface area contributed by atoms with E-state index in [0.29, 0.717) is 4.47 Å². The van der Waals surface area contributed by atoms with Crippen LogP contribution in [0.25, 0.3) is 0 Å². The van der Waals surface area contributed by atoms with Gasteiger partial charge in [-0.25, -0.2) is 8.78 Å². The molecule has 3 nitrogen and oxygen atoms in total. The summed E-state index contributed by atoms with van der Waals surface area (Å²) in [6, 6.07) is 8.02. The zero-order chi connectivity index (χ0) is 14.7. The van der Waals surface area contributed by atoms with E-state index in [1.165, 1.54) is 30.3 Å². The molecule has 0 radical (unpaired) electrons. The first-order chi connectivity index (χ1) is 9.47. The molecule has 0 aliphatic rings. The lowest BCUT2D eigenvalue weighted by atomic mass is 10.1. The number of hydrogen-bond acceptors (Lipinski definition) is 2. The van der Waals surface area contributed by atoms with E-state index in [-0.39, 0.29) is 23.5 Å². The van der Waals surface area contributed by atoms with Crippen LogP contribution in [0.5, 0.6) is 5.75 Å². The molecule has 0 fully saturated rings. The van der Waals surface area contributed by atoms with Gasteiger partial charge in [-0.05, 0) is 30.3 Å². The summed E-state index contributed by atoms with van der Waals surface area (Å²) in [5.41, 5.74) is 5.32. The predicted octanol–water partition coefficient (Wildman–Crippen LogP) is 3.41. The first-order valence-corrected chi connectivity index (χ1v) is 6.43. The van der Waals surface area contributed by atoms with Crippen LogP contribution in [-0.2, 0) is 6.61 Å². The average Bonchev–Trinajstić information content (AvgIpc) is 2.40. The van der Waals surface area contributed by atoms with Gasteiger partial charge in [0, 0.05) is 15.6 Å². The van der Waals surface area contributed by atoms with Gasteiger partial charge in [-0.3, -0.25) is 4.79 Å². The fraction of sp³-hybridized carbons (Fsp3) is 0.0714. The van der Waals surface area contributed by atoms with Crippen LogP contribution < -0.4 is 10.5 Å². The van der Waals surface area contributed by atoms with Crippen molar-refractivity contribution >= 4 is 21.8 Å². The Morgan fingerprint density at radius 1 is 1.15 bits per heavy atom.